The molecule has 0 unspecified atom stereocenters. The van der Waals surface area contributed by atoms with Crippen LogP contribution in [0.25, 0.3) is 10.9 Å². The molecule has 1 atom stereocenters. The van der Waals surface area contributed by atoms with Crippen molar-refractivity contribution in [3.63, 3.8) is 0 Å². The molecule has 2 N–H and O–H groups in total. The van der Waals surface area contributed by atoms with Crippen LogP contribution in [-0.2, 0) is 11.3 Å². The molecule has 5 rings (SSSR count). The first-order valence-corrected chi connectivity index (χ1v) is 10.4. The topological polar surface area (TPSA) is 78.3 Å². The third-order valence-corrected chi connectivity index (χ3v) is 5.81. The number of furan rings is 1. The Morgan fingerprint density at radius 2 is 1.87 bits per heavy atom. The van der Waals surface area contributed by atoms with Crippen LogP contribution in [0.3, 0.4) is 0 Å². The zero-order valence-corrected chi connectivity index (χ0v) is 17.2. The zero-order chi connectivity index (χ0) is 21.4. The van der Waals surface area contributed by atoms with E-state index in [4.69, 9.17) is 4.42 Å². The van der Waals surface area contributed by atoms with Crippen LogP contribution >= 0.6 is 0 Å². The zero-order valence-electron chi connectivity index (χ0n) is 17.2. The van der Waals surface area contributed by atoms with Crippen molar-refractivity contribution in [2.45, 2.75) is 25.9 Å². The van der Waals surface area contributed by atoms with E-state index in [0.717, 1.165) is 27.8 Å². The fourth-order valence-electron chi connectivity index (χ4n) is 4.33. The highest BCUT2D eigenvalue weighted by atomic mass is 16.3. The van der Waals surface area contributed by atoms with Gasteiger partial charge in [0.2, 0.25) is 5.91 Å². The molecule has 6 nitrogen and oxygen atoms in total. The van der Waals surface area contributed by atoms with Crippen molar-refractivity contribution in [3.8, 4) is 0 Å². The van der Waals surface area contributed by atoms with Crippen LogP contribution in [-0.4, -0.2) is 28.2 Å². The van der Waals surface area contributed by atoms with Gasteiger partial charge in [0, 0.05) is 41.2 Å². The molecule has 1 aliphatic heterocycles. The van der Waals surface area contributed by atoms with Crippen molar-refractivity contribution in [1.29, 1.82) is 0 Å². The van der Waals surface area contributed by atoms with Crippen LogP contribution < -0.4 is 5.32 Å². The summed E-state index contributed by atoms with van der Waals surface area (Å²) in [6, 6.07) is 19.3. The number of para-hydroxylation sites is 1. The van der Waals surface area contributed by atoms with Gasteiger partial charge in [0.1, 0.15) is 11.5 Å². The van der Waals surface area contributed by atoms with Gasteiger partial charge in [0.15, 0.2) is 0 Å². The minimum Gasteiger partial charge on any atom is -0.465 e. The van der Waals surface area contributed by atoms with E-state index in [2.05, 4.69) is 16.4 Å². The quantitative estimate of drug-likeness (QED) is 0.494. The maximum absolute atomic E-state index is 13.2. The molecule has 1 aliphatic rings. The highest BCUT2D eigenvalue weighted by molar-refractivity contribution is 6.01. The number of aromatic nitrogens is 1. The van der Waals surface area contributed by atoms with Crippen LogP contribution in [0, 0.1) is 6.92 Å². The third-order valence-electron chi connectivity index (χ3n) is 5.81. The summed E-state index contributed by atoms with van der Waals surface area (Å²) in [5.74, 6) is 1.37. The average Bonchev–Trinajstić information content (AvgIpc) is 3.47. The van der Waals surface area contributed by atoms with Crippen molar-refractivity contribution in [3.05, 3.63) is 95.1 Å². The van der Waals surface area contributed by atoms with Gasteiger partial charge >= 0.3 is 0 Å². The minimum absolute atomic E-state index is 0.0414. The number of carbonyl (C=O) groups excluding carboxylic acids is 2. The molecule has 0 fully saturated rings. The number of aryl methyl sites for hydroxylation is 1. The number of H-pyrrole nitrogens is 1. The second-order valence-electron chi connectivity index (χ2n) is 7.82. The molecule has 0 bridgehead atoms. The fourth-order valence-corrected chi connectivity index (χ4v) is 4.33. The van der Waals surface area contributed by atoms with Gasteiger partial charge in [-0.3, -0.25) is 9.59 Å². The lowest BCUT2D eigenvalue weighted by Crippen LogP contribution is -2.33. The monoisotopic (exact) mass is 413 g/mol. The molecule has 0 aliphatic carbocycles. The Bertz CT molecular complexity index is 1270. The maximum atomic E-state index is 13.2. The Hall–Kier alpha value is -3.80. The number of nitrogens with zero attached hydrogens (tertiary/aromatic N) is 1. The normalized spacial score (nSPS) is 15.5. The molecule has 2 aromatic carbocycles. The molecular weight excluding hydrogens is 390 g/mol. The van der Waals surface area contributed by atoms with Crippen molar-refractivity contribution < 1.29 is 14.0 Å². The van der Waals surface area contributed by atoms with E-state index < -0.39 is 0 Å². The molecule has 4 aromatic rings. The predicted octanol–water partition coefficient (Wildman–Crippen LogP) is 4.32. The first-order chi connectivity index (χ1) is 15.1. The number of fused-ring (bicyclic) bond motifs is 2. The highest BCUT2D eigenvalue weighted by Crippen LogP contribution is 2.41. The molecular formula is C25H23N3O3. The summed E-state index contributed by atoms with van der Waals surface area (Å²) in [6.07, 6.45) is 2.19. The molecule has 6 heteroatoms. The first-order valence-electron chi connectivity index (χ1n) is 10.4. The lowest BCUT2D eigenvalue weighted by Gasteiger charge is -2.25. The minimum atomic E-state index is -0.222. The van der Waals surface area contributed by atoms with Crippen molar-refractivity contribution in [1.82, 2.24) is 15.2 Å². The lowest BCUT2D eigenvalue weighted by atomic mass is 9.97. The summed E-state index contributed by atoms with van der Waals surface area (Å²) in [5.41, 5.74) is 3.74. The summed E-state index contributed by atoms with van der Waals surface area (Å²) in [5, 5.41) is 3.96. The third kappa shape index (κ3) is 3.50. The molecule has 31 heavy (non-hydrogen) atoms. The Balaban J connectivity index is 1.37. The summed E-state index contributed by atoms with van der Waals surface area (Å²) in [4.78, 5) is 30.8. The van der Waals surface area contributed by atoms with Crippen LogP contribution in [0.2, 0.25) is 0 Å². The number of carbonyl (C=O) groups is 2. The number of hydrogen-bond acceptors (Lipinski definition) is 3. The van der Waals surface area contributed by atoms with Crippen molar-refractivity contribution in [2.24, 2.45) is 0 Å². The van der Waals surface area contributed by atoms with Crippen LogP contribution in [0.5, 0.6) is 0 Å². The maximum Gasteiger partial charge on any atom is 0.255 e. The molecule has 156 valence electrons. The molecule has 0 spiro atoms. The summed E-state index contributed by atoms with van der Waals surface area (Å²) < 4.78 is 5.50. The number of rotatable bonds is 6. The van der Waals surface area contributed by atoms with Gasteiger partial charge in [-0.25, -0.2) is 0 Å². The van der Waals surface area contributed by atoms with E-state index in [1.807, 2.05) is 67.7 Å². The van der Waals surface area contributed by atoms with Crippen LogP contribution in [0.15, 0.2) is 71.3 Å². The Labute approximate surface area is 179 Å². The number of nitrogens with one attached hydrogen (secondary N) is 2. The Kier molecular flexibility index (Phi) is 4.82. The van der Waals surface area contributed by atoms with Gasteiger partial charge in [0.25, 0.3) is 5.91 Å². The smallest absolute Gasteiger partial charge is 0.255 e. The molecule has 0 saturated heterocycles. The molecule has 0 radical (unpaired) electrons. The number of hydrogen-bond donors (Lipinski definition) is 2. The first kappa shape index (κ1) is 19.2. The highest BCUT2D eigenvalue weighted by Gasteiger charge is 2.38. The van der Waals surface area contributed by atoms with Gasteiger partial charge in [-0.15, -0.1) is 0 Å². The Morgan fingerprint density at radius 1 is 1.06 bits per heavy atom. The number of aromatic amines is 1. The largest absolute Gasteiger partial charge is 0.465 e. The number of amides is 2. The van der Waals surface area contributed by atoms with E-state index in [0.29, 0.717) is 24.4 Å². The molecule has 0 saturated carbocycles. The predicted molar refractivity (Wildman–Crippen MR) is 118 cm³/mol. The summed E-state index contributed by atoms with van der Waals surface area (Å²) in [7, 11) is 0. The van der Waals surface area contributed by atoms with Crippen molar-refractivity contribution in [2.75, 3.05) is 6.54 Å². The molecule has 3 heterocycles. The Morgan fingerprint density at radius 3 is 2.71 bits per heavy atom. The molecule has 2 aromatic heterocycles. The molecule has 2 amide bonds. The van der Waals surface area contributed by atoms with Gasteiger partial charge in [0.05, 0.1) is 12.6 Å². The summed E-state index contributed by atoms with van der Waals surface area (Å²) in [6.45, 7) is 2.54. The lowest BCUT2D eigenvalue weighted by molar-refractivity contribution is -0.121. The van der Waals surface area contributed by atoms with Gasteiger partial charge in [-0.2, -0.15) is 0 Å². The number of benzene rings is 2. The van der Waals surface area contributed by atoms with Gasteiger partial charge in [-0.1, -0.05) is 36.4 Å². The van der Waals surface area contributed by atoms with E-state index in [-0.39, 0.29) is 24.3 Å². The van der Waals surface area contributed by atoms with E-state index in [1.54, 1.807) is 4.90 Å². The standard InChI is InChI=1S/C25H23N3O3/c1-16-10-11-17(31-16)14-27-23(29)12-13-28-24(19-7-2-3-8-20(19)25(28)30)21-15-26-22-9-5-4-6-18(21)22/h2-11,15,24,26H,12-14H2,1H3,(H,27,29)/t24-/m0/s1. The SMILES string of the molecule is Cc1ccc(CNC(=O)CCN2C(=O)c3ccccc3[C@H]2c2c[nH]c3ccccc23)o1. The van der Waals surface area contributed by atoms with E-state index in [1.165, 1.54) is 0 Å². The second kappa shape index (κ2) is 7.80. The van der Waals surface area contributed by atoms with E-state index >= 15 is 0 Å². The fraction of sp³-hybridized carbons (Fsp3) is 0.200. The van der Waals surface area contributed by atoms with Gasteiger partial charge < -0.3 is 19.6 Å². The van der Waals surface area contributed by atoms with Crippen molar-refractivity contribution >= 4 is 22.7 Å². The second-order valence-corrected chi connectivity index (χ2v) is 7.82. The van der Waals surface area contributed by atoms with E-state index in [9.17, 15) is 9.59 Å². The van der Waals surface area contributed by atoms with Crippen LogP contribution in [0.1, 0.15) is 45.5 Å². The average molecular weight is 413 g/mol. The van der Waals surface area contributed by atoms with Gasteiger partial charge in [-0.05, 0) is 36.8 Å². The summed E-state index contributed by atoms with van der Waals surface area (Å²) >= 11 is 0. The van der Waals surface area contributed by atoms with Crippen LogP contribution in [0.4, 0.5) is 0 Å².